The number of amides is 2. The zero-order valence-electron chi connectivity index (χ0n) is 22.3. The minimum absolute atomic E-state index is 0.149. The Hall–Kier alpha value is -3.60. The number of benzene rings is 3. The van der Waals surface area contributed by atoms with Gasteiger partial charge in [-0.2, -0.15) is 0 Å². The summed E-state index contributed by atoms with van der Waals surface area (Å²) < 4.78 is 5.99. The van der Waals surface area contributed by atoms with Crippen molar-refractivity contribution < 1.29 is 14.3 Å². The number of carbonyl (C=O) groups excluding carboxylic acids is 2. The molecule has 0 spiro atoms. The third kappa shape index (κ3) is 7.45. The lowest BCUT2D eigenvalue weighted by Crippen LogP contribution is -2.55. The summed E-state index contributed by atoms with van der Waals surface area (Å²) >= 11 is 0. The summed E-state index contributed by atoms with van der Waals surface area (Å²) in [5, 5.41) is 3.09. The van der Waals surface area contributed by atoms with Crippen LogP contribution in [0.5, 0.6) is 5.75 Å². The van der Waals surface area contributed by atoms with Gasteiger partial charge < -0.3 is 15.0 Å². The molecule has 1 atom stereocenters. The van der Waals surface area contributed by atoms with Crippen molar-refractivity contribution in [3.63, 3.8) is 0 Å². The topological polar surface area (TPSA) is 58.6 Å². The smallest absolute Gasteiger partial charge is 0.261 e. The standard InChI is InChI=1S/C31H38N2O3/c1-22-14-12-18-28(24(22)3)36-21-29(34)33(20-26-17-11-10-13-23(26)2)27(30(35)32-31(4,5)6)19-25-15-8-7-9-16-25/h7-18,27H,19-21H2,1-6H3,(H,32,35). The van der Waals surface area contributed by atoms with Crippen LogP contribution in [0.25, 0.3) is 0 Å². The SMILES string of the molecule is Cc1ccccc1CN(C(=O)COc1cccc(C)c1C)C(Cc1ccccc1)C(=O)NC(C)(C)C. The summed E-state index contributed by atoms with van der Waals surface area (Å²) in [4.78, 5) is 29.0. The highest BCUT2D eigenvalue weighted by Crippen LogP contribution is 2.22. The summed E-state index contributed by atoms with van der Waals surface area (Å²) in [6.07, 6.45) is 0.407. The van der Waals surface area contributed by atoms with Crippen molar-refractivity contribution in [3.05, 3.63) is 101 Å². The molecular weight excluding hydrogens is 448 g/mol. The van der Waals surface area contributed by atoms with Crippen LogP contribution in [-0.4, -0.2) is 34.9 Å². The molecule has 3 aromatic rings. The fraction of sp³-hybridized carbons (Fsp3) is 0.355. The first-order valence-corrected chi connectivity index (χ1v) is 12.4. The average Bonchev–Trinajstić information content (AvgIpc) is 2.82. The van der Waals surface area contributed by atoms with E-state index in [-0.39, 0.29) is 18.4 Å². The maximum Gasteiger partial charge on any atom is 0.261 e. The van der Waals surface area contributed by atoms with Crippen LogP contribution in [-0.2, 0) is 22.6 Å². The molecule has 36 heavy (non-hydrogen) atoms. The highest BCUT2D eigenvalue weighted by Gasteiger charge is 2.32. The largest absolute Gasteiger partial charge is 0.483 e. The van der Waals surface area contributed by atoms with Crippen molar-refractivity contribution in [2.24, 2.45) is 0 Å². The van der Waals surface area contributed by atoms with Crippen LogP contribution < -0.4 is 10.1 Å². The molecule has 1 unspecified atom stereocenters. The van der Waals surface area contributed by atoms with Gasteiger partial charge in [-0.1, -0.05) is 66.7 Å². The molecule has 2 amide bonds. The van der Waals surface area contributed by atoms with Gasteiger partial charge in [-0.05, 0) is 75.4 Å². The van der Waals surface area contributed by atoms with E-state index in [1.807, 2.05) is 114 Å². The number of nitrogens with one attached hydrogen (secondary N) is 1. The molecule has 0 aromatic heterocycles. The lowest BCUT2D eigenvalue weighted by atomic mass is 10.00. The van der Waals surface area contributed by atoms with Gasteiger partial charge in [0.25, 0.3) is 5.91 Å². The predicted molar refractivity (Wildman–Crippen MR) is 145 cm³/mol. The summed E-state index contributed by atoms with van der Waals surface area (Å²) in [7, 11) is 0. The molecule has 5 nitrogen and oxygen atoms in total. The molecule has 0 heterocycles. The Morgan fingerprint density at radius 2 is 1.50 bits per heavy atom. The molecule has 0 saturated heterocycles. The summed E-state index contributed by atoms with van der Waals surface area (Å²) in [6, 6.07) is 22.9. The van der Waals surface area contributed by atoms with Crippen molar-refractivity contribution in [1.82, 2.24) is 10.2 Å². The third-order valence-corrected chi connectivity index (χ3v) is 6.28. The zero-order chi connectivity index (χ0) is 26.3. The first-order chi connectivity index (χ1) is 17.0. The second kappa shape index (κ2) is 11.9. The van der Waals surface area contributed by atoms with Crippen LogP contribution in [0.15, 0.2) is 72.8 Å². The van der Waals surface area contributed by atoms with Gasteiger partial charge >= 0.3 is 0 Å². The minimum atomic E-state index is -0.694. The van der Waals surface area contributed by atoms with E-state index in [0.29, 0.717) is 18.7 Å². The molecule has 5 heteroatoms. The maximum absolute atomic E-state index is 13.8. The summed E-state index contributed by atoms with van der Waals surface area (Å²) in [5.74, 6) is 0.266. The van der Waals surface area contributed by atoms with Crippen LogP contribution in [0, 0.1) is 20.8 Å². The van der Waals surface area contributed by atoms with Gasteiger partial charge in [0.15, 0.2) is 6.61 Å². The van der Waals surface area contributed by atoms with Crippen molar-refractivity contribution >= 4 is 11.8 Å². The van der Waals surface area contributed by atoms with Gasteiger partial charge in [0.1, 0.15) is 11.8 Å². The number of rotatable bonds is 9. The predicted octanol–water partition coefficient (Wildman–Crippen LogP) is 5.55. The van der Waals surface area contributed by atoms with Gasteiger partial charge in [0.05, 0.1) is 0 Å². The van der Waals surface area contributed by atoms with Crippen LogP contribution >= 0.6 is 0 Å². The van der Waals surface area contributed by atoms with E-state index in [2.05, 4.69) is 5.32 Å². The minimum Gasteiger partial charge on any atom is -0.483 e. The average molecular weight is 487 g/mol. The van der Waals surface area contributed by atoms with Crippen LogP contribution in [0.1, 0.15) is 48.6 Å². The van der Waals surface area contributed by atoms with E-state index in [1.165, 1.54) is 0 Å². The highest BCUT2D eigenvalue weighted by molar-refractivity contribution is 5.89. The molecule has 0 fully saturated rings. The quantitative estimate of drug-likeness (QED) is 0.432. The third-order valence-electron chi connectivity index (χ3n) is 6.28. The first kappa shape index (κ1) is 27.0. The molecule has 0 radical (unpaired) electrons. The van der Waals surface area contributed by atoms with Gasteiger partial charge in [0.2, 0.25) is 5.91 Å². The second-order valence-corrected chi connectivity index (χ2v) is 10.4. The lowest BCUT2D eigenvalue weighted by molar-refractivity contribution is -0.143. The summed E-state index contributed by atoms with van der Waals surface area (Å²) in [6.45, 7) is 12.0. The van der Waals surface area contributed by atoms with Crippen molar-refractivity contribution in [1.29, 1.82) is 0 Å². The molecular formula is C31H38N2O3. The Bertz CT molecular complexity index is 1180. The van der Waals surface area contributed by atoms with Crippen molar-refractivity contribution in [3.8, 4) is 5.75 Å². The van der Waals surface area contributed by atoms with E-state index in [4.69, 9.17) is 4.74 Å². The molecule has 0 saturated carbocycles. The molecule has 3 aromatic carbocycles. The Kier molecular flexibility index (Phi) is 8.92. The number of hydrogen-bond acceptors (Lipinski definition) is 3. The molecule has 0 aliphatic rings. The van der Waals surface area contributed by atoms with E-state index < -0.39 is 11.6 Å². The molecule has 0 aliphatic carbocycles. The van der Waals surface area contributed by atoms with Crippen molar-refractivity contribution in [2.45, 2.75) is 66.1 Å². The van der Waals surface area contributed by atoms with E-state index in [9.17, 15) is 9.59 Å². The Morgan fingerprint density at radius 1 is 0.861 bits per heavy atom. The molecule has 3 rings (SSSR count). The number of ether oxygens (including phenoxy) is 1. The van der Waals surface area contributed by atoms with Crippen LogP contribution in [0.4, 0.5) is 0 Å². The number of aryl methyl sites for hydroxylation is 2. The molecule has 190 valence electrons. The highest BCUT2D eigenvalue weighted by atomic mass is 16.5. The normalized spacial score (nSPS) is 12.1. The van der Waals surface area contributed by atoms with E-state index in [0.717, 1.165) is 27.8 Å². The fourth-order valence-corrected chi connectivity index (χ4v) is 4.08. The molecule has 1 N–H and O–H groups in total. The van der Waals surface area contributed by atoms with Crippen molar-refractivity contribution in [2.75, 3.05) is 6.61 Å². The van der Waals surface area contributed by atoms with Gasteiger partial charge in [0, 0.05) is 18.5 Å². The van der Waals surface area contributed by atoms with Gasteiger partial charge in [-0.25, -0.2) is 0 Å². The van der Waals surface area contributed by atoms with E-state index >= 15 is 0 Å². The number of hydrogen-bond donors (Lipinski definition) is 1. The van der Waals surface area contributed by atoms with Gasteiger partial charge in [-0.3, -0.25) is 9.59 Å². The number of carbonyl (C=O) groups is 2. The van der Waals surface area contributed by atoms with E-state index in [1.54, 1.807) is 4.90 Å². The fourth-order valence-electron chi connectivity index (χ4n) is 4.08. The maximum atomic E-state index is 13.8. The summed E-state index contributed by atoms with van der Waals surface area (Å²) in [5.41, 5.74) is 4.73. The zero-order valence-corrected chi connectivity index (χ0v) is 22.3. The number of nitrogens with zero attached hydrogens (tertiary/aromatic N) is 1. The molecule has 0 bridgehead atoms. The first-order valence-electron chi connectivity index (χ1n) is 12.4. The molecule has 0 aliphatic heterocycles. The Labute approximate surface area is 215 Å². The van der Waals surface area contributed by atoms with Crippen LogP contribution in [0.3, 0.4) is 0 Å². The lowest BCUT2D eigenvalue weighted by Gasteiger charge is -2.34. The Morgan fingerprint density at radius 3 is 2.17 bits per heavy atom. The monoisotopic (exact) mass is 486 g/mol. The van der Waals surface area contributed by atoms with Gasteiger partial charge in [-0.15, -0.1) is 0 Å². The van der Waals surface area contributed by atoms with Crippen LogP contribution in [0.2, 0.25) is 0 Å². The second-order valence-electron chi connectivity index (χ2n) is 10.4. The Balaban J connectivity index is 1.96.